The molecule has 6 nitrogen and oxygen atoms in total. The van der Waals surface area contributed by atoms with Gasteiger partial charge in [0, 0.05) is 19.1 Å². The van der Waals surface area contributed by atoms with Gasteiger partial charge in [0.2, 0.25) is 0 Å². The van der Waals surface area contributed by atoms with Crippen molar-refractivity contribution in [3.8, 4) is 0 Å². The Morgan fingerprint density at radius 1 is 1.37 bits per heavy atom. The maximum Gasteiger partial charge on any atom is 0.410 e. The number of hydrogen-bond acceptors (Lipinski definition) is 5. The monoisotopic (exact) mass is 272 g/mol. The van der Waals surface area contributed by atoms with Crippen molar-refractivity contribution in [1.82, 2.24) is 10.2 Å². The summed E-state index contributed by atoms with van der Waals surface area (Å²) >= 11 is 0. The van der Waals surface area contributed by atoms with Crippen LogP contribution in [-0.4, -0.2) is 54.8 Å². The van der Waals surface area contributed by atoms with E-state index in [-0.39, 0.29) is 24.6 Å². The summed E-state index contributed by atoms with van der Waals surface area (Å²) in [5.74, 6) is -0.266. The first-order valence-electron chi connectivity index (χ1n) is 6.68. The van der Waals surface area contributed by atoms with E-state index in [1.54, 1.807) is 11.8 Å². The standard InChI is InChI=1S/C13H24N2O4/c1-5-18-11(16)8-14-10-6-7-15(9-10)12(17)19-13(2,3)4/h10,14H,5-9H2,1-4H3/t10-/m0/s1. The maximum absolute atomic E-state index is 11.8. The van der Waals surface area contributed by atoms with Crippen molar-refractivity contribution in [1.29, 1.82) is 0 Å². The van der Waals surface area contributed by atoms with Crippen LogP contribution in [0.2, 0.25) is 0 Å². The molecule has 110 valence electrons. The summed E-state index contributed by atoms with van der Waals surface area (Å²) in [6, 6.07) is 0.122. The molecule has 0 spiro atoms. The fraction of sp³-hybridized carbons (Fsp3) is 0.846. The van der Waals surface area contributed by atoms with E-state index in [0.29, 0.717) is 19.7 Å². The number of ether oxygens (including phenoxy) is 2. The molecule has 1 heterocycles. The Kier molecular flexibility index (Phi) is 5.60. The van der Waals surface area contributed by atoms with Gasteiger partial charge in [-0.15, -0.1) is 0 Å². The fourth-order valence-electron chi connectivity index (χ4n) is 1.86. The molecular weight excluding hydrogens is 248 g/mol. The molecule has 0 aromatic carbocycles. The first-order valence-corrected chi connectivity index (χ1v) is 6.68. The quantitative estimate of drug-likeness (QED) is 0.778. The van der Waals surface area contributed by atoms with Gasteiger partial charge in [-0.2, -0.15) is 0 Å². The maximum atomic E-state index is 11.8. The molecule has 1 aliphatic heterocycles. The first-order chi connectivity index (χ1) is 8.81. The van der Waals surface area contributed by atoms with Crippen molar-refractivity contribution >= 4 is 12.1 Å². The van der Waals surface area contributed by atoms with Gasteiger partial charge in [0.15, 0.2) is 0 Å². The molecule has 6 heteroatoms. The van der Waals surface area contributed by atoms with Crippen LogP contribution in [0.1, 0.15) is 34.1 Å². The SMILES string of the molecule is CCOC(=O)CN[C@H]1CCN(C(=O)OC(C)(C)C)C1. The summed E-state index contributed by atoms with van der Waals surface area (Å²) < 4.78 is 10.1. The van der Waals surface area contributed by atoms with Crippen molar-refractivity contribution < 1.29 is 19.1 Å². The van der Waals surface area contributed by atoms with Crippen molar-refractivity contribution in [3.05, 3.63) is 0 Å². The minimum absolute atomic E-state index is 0.122. The van der Waals surface area contributed by atoms with Gasteiger partial charge >= 0.3 is 12.1 Å². The molecule has 0 saturated carbocycles. The number of amides is 1. The number of hydrogen-bond donors (Lipinski definition) is 1. The molecular formula is C13H24N2O4. The Labute approximate surface area is 114 Å². The second-order valence-electron chi connectivity index (χ2n) is 5.60. The molecule has 1 saturated heterocycles. The third-order valence-corrected chi connectivity index (χ3v) is 2.68. The van der Waals surface area contributed by atoms with Gasteiger partial charge in [-0.3, -0.25) is 4.79 Å². The average molecular weight is 272 g/mol. The molecule has 0 aromatic rings. The molecule has 1 N–H and O–H groups in total. The Bertz CT molecular complexity index is 325. The summed E-state index contributed by atoms with van der Waals surface area (Å²) in [7, 11) is 0. The number of carbonyl (C=O) groups is 2. The van der Waals surface area contributed by atoms with Crippen LogP contribution < -0.4 is 5.32 Å². The van der Waals surface area contributed by atoms with E-state index in [9.17, 15) is 9.59 Å². The number of likely N-dealkylation sites (tertiary alicyclic amines) is 1. The zero-order valence-electron chi connectivity index (χ0n) is 12.2. The lowest BCUT2D eigenvalue weighted by Gasteiger charge is -2.24. The van der Waals surface area contributed by atoms with E-state index >= 15 is 0 Å². The van der Waals surface area contributed by atoms with Gasteiger partial charge in [0.25, 0.3) is 0 Å². The zero-order valence-corrected chi connectivity index (χ0v) is 12.2. The van der Waals surface area contributed by atoms with E-state index in [4.69, 9.17) is 9.47 Å². The molecule has 1 amide bonds. The number of nitrogens with one attached hydrogen (secondary N) is 1. The second-order valence-corrected chi connectivity index (χ2v) is 5.60. The predicted molar refractivity (Wildman–Crippen MR) is 70.8 cm³/mol. The summed E-state index contributed by atoms with van der Waals surface area (Å²) in [6.45, 7) is 9.09. The number of esters is 1. The lowest BCUT2D eigenvalue weighted by atomic mass is 10.2. The molecule has 1 fully saturated rings. The Morgan fingerprint density at radius 2 is 2.05 bits per heavy atom. The molecule has 19 heavy (non-hydrogen) atoms. The van der Waals surface area contributed by atoms with Crippen molar-refractivity contribution in [2.24, 2.45) is 0 Å². The van der Waals surface area contributed by atoms with Gasteiger partial charge < -0.3 is 19.7 Å². The third kappa shape index (κ3) is 5.92. The van der Waals surface area contributed by atoms with Gasteiger partial charge in [-0.25, -0.2) is 4.79 Å². The van der Waals surface area contributed by atoms with Gasteiger partial charge in [-0.1, -0.05) is 0 Å². The molecule has 0 aromatic heterocycles. The highest BCUT2D eigenvalue weighted by Gasteiger charge is 2.29. The largest absolute Gasteiger partial charge is 0.465 e. The van der Waals surface area contributed by atoms with Crippen LogP contribution in [0.3, 0.4) is 0 Å². The highest BCUT2D eigenvalue weighted by Crippen LogP contribution is 2.15. The average Bonchev–Trinajstić information content (AvgIpc) is 2.73. The number of nitrogens with zero attached hydrogens (tertiary/aromatic N) is 1. The molecule has 1 rings (SSSR count). The number of carbonyl (C=O) groups excluding carboxylic acids is 2. The van der Waals surface area contributed by atoms with Crippen LogP contribution in [0.5, 0.6) is 0 Å². The third-order valence-electron chi connectivity index (χ3n) is 2.68. The van der Waals surface area contributed by atoms with Crippen LogP contribution in [0.15, 0.2) is 0 Å². The summed E-state index contributed by atoms with van der Waals surface area (Å²) in [5, 5.41) is 3.09. The van der Waals surface area contributed by atoms with Crippen LogP contribution in [0, 0.1) is 0 Å². The molecule has 1 aliphatic rings. The van der Waals surface area contributed by atoms with Crippen molar-refractivity contribution in [3.63, 3.8) is 0 Å². The normalized spacial score (nSPS) is 19.4. The van der Waals surface area contributed by atoms with E-state index in [2.05, 4.69) is 5.32 Å². The van der Waals surface area contributed by atoms with E-state index in [1.165, 1.54) is 0 Å². The minimum Gasteiger partial charge on any atom is -0.465 e. The predicted octanol–water partition coefficient (Wildman–Crippen LogP) is 1.15. The highest BCUT2D eigenvalue weighted by atomic mass is 16.6. The zero-order chi connectivity index (χ0) is 14.5. The Balaban J connectivity index is 2.29. The molecule has 0 bridgehead atoms. The summed E-state index contributed by atoms with van der Waals surface area (Å²) in [4.78, 5) is 24.7. The first kappa shape index (κ1) is 15.8. The Hall–Kier alpha value is -1.30. The lowest BCUT2D eigenvalue weighted by Crippen LogP contribution is -2.39. The smallest absolute Gasteiger partial charge is 0.410 e. The molecule has 0 radical (unpaired) electrons. The minimum atomic E-state index is -0.479. The van der Waals surface area contributed by atoms with E-state index < -0.39 is 5.60 Å². The lowest BCUT2D eigenvalue weighted by molar-refractivity contribution is -0.142. The second kappa shape index (κ2) is 6.75. The number of rotatable bonds is 4. The fourth-order valence-corrected chi connectivity index (χ4v) is 1.86. The van der Waals surface area contributed by atoms with Crippen LogP contribution in [0.4, 0.5) is 4.79 Å². The summed E-state index contributed by atoms with van der Waals surface area (Å²) in [6.07, 6.45) is 0.520. The van der Waals surface area contributed by atoms with Crippen LogP contribution in [0.25, 0.3) is 0 Å². The van der Waals surface area contributed by atoms with Crippen LogP contribution in [-0.2, 0) is 14.3 Å². The van der Waals surface area contributed by atoms with Gasteiger partial charge in [-0.05, 0) is 34.1 Å². The molecule has 0 unspecified atom stereocenters. The van der Waals surface area contributed by atoms with Gasteiger partial charge in [0.1, 0.15) is 5.60 Å². The topological polar surface area (TPSA) is 67.9 Å². The van der Waals surface area contributed by atoms with E-state index in [1.807, 2.05) is 20.8 Å². The van der Waals surface area contributed by atoms with Crippen molar-refractivity contribution in [2.45, 2.75) is 45.8 Å². The molecule has 1 atom stereocenters. The van der Waals surface area contributed by atoms with Gasteiger partial charge in [0.05, 0.1) is 13.2 Å². The van der Waals surface area contributed by atoms with E-state index in [0.717, 1.165) is 6.42 Å². The Morgan fingerprint density at radius 3 is 2.63 bits per heavy atom. The molecule has 0 aliphatic carbocycles. The highest BCUT2D eigenvalue weighted by molar-refractivity contribution is 5.71. The summed E-state index contributed by atoms with van der Waals surface area (Å²) in [5.41, 5.74) is -0.479. The van der Waals surface area contributed by atoms with Crippen molar-refractivity contribution in [2.75, 3.05) is 26.2 Å². The van der Waals surface area contributed by atoms with Crippen LogP contribution >= 0.6 is 0 Å².